The maximum atomic E-state index is 11.7. The van der Waals surface area contributed by atoms with Crippen LogP contribution in [0.4, 0.5) is 0 Å². The van der Waals surface area contributed by atoms with Crippen molar-refractivity contribution in [3.8, 4) is 0 Å². The van der Waals surface area contributed by atoms with Crippen molar-refractivity contribution in [3.63, 3.8) is 0 Å². The first-order valence-corrected chi connectivity index (χ1v) is 7.55. The van der Waals surface area contributed by atoms with Gasteiger partial charge in [-0.15, -0.1) is 0 Å². The molecule has 4 nitrogen and oxygen atoms in total. The van der Waals surface area contributed by atoms with Crippen molar-refractivity contribution in [2.24, 2.45) is 0 Å². The van der Waals surface area contributed by atoms with Crippen LogP contribution in [0.1, 0.15) is 11.1 Å². The van der Waals surface area contributed by atoms with E-state index in [1.165, 1.54) is 0 Å². The van der Waals surface area contributed by atoms with Crippen molar-refractivity contribution < 1.29 is 9.53 Å². The van der Waals surface area contributed by atoms with Crippen molar-refractivity contribution in [2.45, 2.75) is 6.92 Å². The van der Waals surface area contributed by atoms with Gasteiger partial charge < -0.3 is 10.1 Å². The largest absolute Gasteiger partial charge is 0.379 e. The summed E-state index contributed by atoms with van der Waals surface area (Å²) in [6.07, 6.45) is 3.32. The Labute approximate surface area is 130 Å². The molecule has 1 aromatic carbocycles. The Hall–Kier alpha value is -1.36. The highest BCUT2D eigenvalue weighted by molar-refractivity contribution is 6.31. The zero-order valence-corrected chi connectivity index (χ0v) is 13.0. The van der Waals surface area contributed by atoms with E-state index in [0.29, 0.717) is 11.6 Å². The normalized spacial score (nSPS) is 16.3. The fourth-order valence-electron chi connectivity index (χ4n) is 2.11. The Morgan fingerprint density at radius 1 is 1.43 bits per heavy atom. The molecule has 0 saturated carbocycles. The van der Waals surface area contributed by atoms with Gasteiger partial charge in [0.25, 0.3) is 0 Å². The molecule has 0 aliphatic carbocycles. The number of morpholine rings is 1. The second-order valence-electron chi connectivity index (χ2n) is 5.09. The van der Waals surface area contributed by atoms with Gasteiger partial charge in [-0.3, -0.25) is 9.69 Å². The number of carbonyl (C=O) groups excluding carboxylic acids is 1. The number of carbonyl (C=O) groups is 1. The molecule has 1 N–H and O–H groups in total. The summed E-state index contributed by atoms with van der Waals surface area (Å²) in [6.45, 7) is 6.90. The van der Waals surface area contributed by atoms with E-state index in [4.69, 9.17) is 16.3 Å². The van der Waals surface area contributed by atoms with Gasteiger partial charge in [0.2, 0.25) is 5.91 Å². The maximum absolute atomic E-state index is 11.7. The van der Waals surface area contributed by atoms with Gasteiger partial charge in [-0.05, 0) is 30.2 Å². The van der Waals surface area contributed by atoms with E-state index in [-0.39, 0.29) is 5.91 Å². The number of nitrogens with one attached hydrogen (secondary N) is 1. The van der Waals surface area contributed by atoms with E-state index in [9.17, 15) is 4.79 Å². The van der Waals surface area contributed by atoms with Crippen LogP contribution in [0, 0.1) is 6.92 Å². The summed E-state index contributed by atoms with van der Waals surface area (Å²) in [5, 5.41) is 3.60. The van der Waals surface area contributed by atoms with Gasteiger partial charge >= 0.3 is 0 Å². The van der Waals surface area contributed by atoms with Crippen molar-refractivity contribution in [1.82, 2.24) is 10.2 Å². The highest BCUT2D eigenvalue weighted by Crippen LogP contribution is 2.17. The molecule has 0 radical (unpaired) electrons. The van der Waals surface area contributed by atoms with E-state index >= 15 is 0 Å². The van der Waals surface area contributed by atoms with Crippen LogP contribution in [0.3, 0.4) is 0 Å². The Bertz CT molecular complexity index is 511. The van der Waals surface area contributed by atoms with Crippen molar-refractivity contribution >= 4 is 23.6 Å². The second-order valence-corrected chi connectivity index (χ2v) is 5.49. The Morgan fingerprint density at radius 2 is 2.19 bits per heavy atom. The number of amides is 1. The number of benzene rings is 1. The zero-order chi connectivity index (χ0) is 15.1. The highest BCUT2D eigenvalue weighted by Gasteiger charge is 2.09. The highest BCUT2D eigenvalue weighted by atomic mass is 35.5. The van der Waals surface area contributed by atoms with Gasteiger partial charge in [0, 0.05) is 37.3 Å². The standard InChI is InChI=1S/C16H21ClN2O2/c1-13-2-3-14(12-15(13)17)4-5-16(20)18-6-7-19-8-10-21-11-9-19/h2-5,12H,6-11H2,1H3,(H,18,20)/b5-4+. The molecule has 21 heavy (non-hydrogen) atoms. The summed E-state index contributed by atoms with van der Waals surface area (Å²) < 4.78 is 5.28. The predicted molar refractivity (Wildman–Crippen MR) is 85.5 cm³/mol. The fourth-order valence-corrected chi connectivity index (χ4v) is 2.29. The molecule has 1 saturated heterocycles. The number of aryl methyl sites for hydroxylation is 1. The molecule has 1 fully saturated rings. The molecule has 1 heterocycles. The Morgan fingerprint density at radius 3 is 2.90 bits per heavy atom. The first-order valence-electron chi connectivity index (χ1n) is 7.17. The molecular weight excluding hydrogens is 288 g/mol. The minimum atomic E-state index is -0.0834. The summed E-state index contributed by atoms with van der Waals surface area (Å²) in [4.78, 5) is 14.0. The third-order valence-corrected chi connectivity index (χ3v) is 3.86. The van der Waals surface area contributed by atoms with E-state index in [0.717, 1.165) is 44.0 Å². The lowest BCUT2D eigenvalue weighted by Gasteiger charge is -2.26. The zero-order valence-electron chi connectivity index (χ0n) is 12.3. The molecule has 1 aromatic rings. The number of ether oxygens (including phenoxy) is 1. The van der Waals surface area contributed by atoms with Crippen LogP contribution in [0.15, 0.2) is 24.3 Å². The topological polar surface area (TPSA) is 41.6 Å². The van der Waals surface area contributed by atoms with Crippen LogP contribution < -0.4 is 5.32 Å². The first kappa shape index (κ1) is 16.0. The maximum Gasteiger partial charge on any atom is 0.244 e. The minimum absolute atomic E-state index is 0.0834. The Kier molecular flexibility index (Phi) is 6.23. The smallest absolute Gasteiger partial charge is 0.244 e. The second kappa shape index (κ2) is 8.17. The van der Waals surface area contributed by atoms with Crippen LogP contribution >= 0.6 is 11.6 Å². The van der Waals surface area contributed by atoms with E-state index < -0.39 is 0 Å². The monoisotopic (exact) mass is 308 g/mol. The van der Waals surface area contributed by atoms with Gasteiger partial charge in [-0.25, -0.2) is 0 Å². The molecule has 1 amide bonds. The Balaban J connectivity index is 1.73. The number of rotatable bonds is 5. The average Bonchev–Trinajstić information content (AvgIpc) is 2.49. The summed E-state index contributed by atoms with van der Waals surface area (Å²) in [6, 6.07) is 5.74. The molecule has 0 atom stereocenters. The molecule has 0 aromatic heterocycles. The van der Waals surface area contributed by atoms with E-state index in [1.54, 1.807) is 12.2 Å². The van der Waals surface area contributed by atoms with Crippen LogP contribution in [0.5, 0.6) is 0 Å². The van der Waals surface area contributed by atoms with E-state index in [2.05, 4.69) is 10.2 Å². The molecule has 1 aliphatic rings. The lowest BCUT2D eigenvalue weighted by atomic mass is 10.1. The van der Waals surface area contributed by atoms with E-state index in [1.807, 2.05) is 25.1 Å². The number of halogens is 1. The van der Waals surface area contributed by atoms with Crippen LogP contribution in [0.2, 0.25) is 5.02 Å². The molecule has 0 unspecified atom stereocenters. The molecule has 114 valence electrons. The minimum Gasteiger partial charge on any atom is -0.379 e. The molecule has 5 heteroatoms. The molecule has 0 spiro atoms. The fraction of sp³-hybridized carbons (Fsp3) is 0.438. The predicted octanol–water partition coefficient (Wildman–Crippen LogP) is 2.11. The van der Waals surface area contributed by atoms with Crippen molar-refractivity contribution in [1.29, 1.82) is 0 Å². The third kappa shape index (κ3) is 5.50. The van der Waals surface area contributed by atoms with Gasteiger partial charge in [0.05, 0.1) is 13.2 Å². The number of nitrogens with zero attached hydrogens (tertiary/aromatic N) is 1. The molecule has 0 bridgehead atoms. The van der Waals surface area contributed by atoms with Crippen LogP contribution in [0.25, 0.3) is 6.08 Å². The molecule has 2 rings (SSSR count). The molecule has 1 aliphatic heterocycles. The number of hydrogen-bond acceptors (Lipinski definition) is 3. The van der Waals surface area contributed by atoms with Gasteiger partial charge in [-0.2, -0.15) is 0 Å². The lowest BCUT2D eigenvalue weighted by Crippen LogP contribution is -2.41. The van der Waals surface area contributed by atoms with Crippen LogP contribution in [-0.2, 0) is 9.53 Å². The number of hydrogen-bond donors (Lipinski definition) is 1. The van der Waals surface area contributed by atoms with Gasteiger partial charge in [-0.1, -0.05) is 23.7 Å². The molecular formula is C16H21ClN2O2. The summed E-state index contributed by atoms with van der Waals surface area (Å²) in [5.74, 6) is -0.0834. The average molecular weight is 309 g/mol. The van der Waals surface area contributed by atoms with Gasteiger partial charge in [0.15, 0.2) is 0 Å². The summed E-state index contributed by atoms with van der Waals surface area (Å²) in [5.41, 5.74) is 1.96. The quantitative estimate of drug-likeness (QED) is 0.847. The van der Waals surface area contributed by atoms with Crippen molar-refractivity contribution in [2.75, 3.05) is 39.4 Å². The third-order valence-electron chi connectivity index (χ3n) is 3.45. The summed E-state index contributed by atoms with van der Waals surface area (Å²) in [7, 11) is 0. The van der Waals surface area contributed by atoms with Gasteiger partial charge in [0.1, 0.15) is 0 Å². The van der Waals surface area contributed by atoms with Crippen LogP contribution in [-0.4, -0.2) is 50.2 Å². The lowest BCUT2D eigenvalue weighted by molar-refractivity contribution is -0.116. The SMILES string of the molecule is Cc1ccc(/C=C/C(=O)NCCN2CCOCC2)cc1Cl. The van der Waals surface area contributed by atoms with Crippen molar-refractivity contribution in [3.05, 3.63) is 40.4 Å². The summed E-state index contributed by atoms with van der Waals surface area (Å²) >= 11 is 6.05. The first-order chi connectivity index (χ1) is 10.1.